The normalized spacial score (nSPS) is 12.6. The molecule has 0 aliphatic heterocycles. The van der Waals surface area contributed by atoms with Crippen molar-refractivity contribution in [1.82, 2.24) is 5.32 Å². The van der Waals surface area contributed by atoms with E-state index in [1.54, 1.807) is 14.2 Å². The Kier molecular flexibility index (Phi) is 6.46. The Labute approximate surface area is 121 Å². The number of hydrogen-bond acceptors (Lipinski definition) is 3. The minimum atomic E-state index is 0.231. The van der Waals surface area contributed by atoms with Crippen LogP contribution in [-0.2, 0) is 0 Å². The van der Waals surface area contributed by atoms with Gasteiger partial charge >= 0.3 is 0 Å². The molecule has 1 aromatic rings. The molecule has 1 atom stereocenters. The molecule has 0 amide bonds. The lowest BCUT2D eigenvalue weighted by Crippen LogP contribution is -2.17. The lowest BCUT2D eigenvalue weighted by atomic mass is 9.97. The average molecular weight is 286 g/mol. The van der Waals surface area contributed by atoms with Crippen LogP contribution in [0.5, 0.6) is 11.5 Å². The van der Waals surface area contributed by atoms with E-state index in [4.69, 9.17) is 21.1 Å². The van der Waals surface area contributed by atoms with E-state index in [1.807, 2.05) is 19.2 Å². The summed E-state index contributed by atoms with van der Waals surface area (Å²) in [6, 6.07) is 4.01. The first-order valence-electron chi connectivity index (χ1n) is 6.62. The van der Waals surface area contributed by atoms with E-state index in [0.29, 0.717) is 22.4 Å². The van der Waals surface area contributed by atoms with Crippen molar-refractivity contribution in [2.45, 2.75) is 32.7 Å². The fourth-order valence-corrected chi connectivity index (χ4v) is 2.38. The largest absolute Gasteiger partial charge is 0.493 e. The summed E-state index contributed by atoms with van der Waals surface area (Å²) in [5, 5.41) is 4.03. The minimum Gasteiger partial charge on any atom is -0.493 e. The molecule has 4 heteroatoms. The Bertz CT molecular complexity index is 407. The lowest BCUT2D eigenvalue weighted by Gasteiger charge is -2.20. The number of ether oxygens (including phenoxy) is 2. The van der Waals surface area contributed by atoms with E-state index in [-0.39, 0.29) is 6.04 Å². The number of rotatable bonds is 7. The van der Waals surface area contributed by atoms with E-state index >= 15 is 0 Å². The monoisotopic (exact) mass is 285 g/mol. The van der Waals surface area contributed by atoms with Gasteiger partial charge in [0.2, 0.25) is 0 Å². The van der Waals surface area contributed by atoms with Crippen molar-refractivity contribution >= 4 is 11.6 Å². The third-order valence-corrected chi connectivity index (χ3v) is 3.59. The van der Waals surface area contributed by atoms with Crippen LogP contribution in [0.2, 0.25) is 5.02 Å². The minimum absolute atomic E-state index is 0.231. The summed E-state index contributed by atoms with van der Waals surface area (Å²) < 4.78 is 10.6. The zero-order chi connectivity index (χ0) is 14.4. The van der Waals surface area contributed by atoms with Crippen molar-refractivity contribution in [1.29, 1.82) is 0 Å². The molecule has 0 aliphatic rings. The zero-order valence-corrected chi connectivity index (χ0v) is 13.2. The van der Waals surface area contributed by atoms with Gasteiger partial charge in [0.15, 0.2) is 11.5 Å². The Morgan fingerprint density at radius 2 is 1.68 bits per heavy atom. The number of nitrogens with one attached hydrogen (secondary N) is 1. The summed E-state index contributed by atoms with van der Waals surface area (Å²) in [5.41, 5.74) is 1.06. The highest BCUT2D eigenvalue weighted by molar-refractivity contribution is 6.31. The summed E-state index contributed by atoms with van der Waals surface area (Å²) in [6.07, 6.45) is 2.19. The number of halogens is 1. The second-order valence-electron chi connectivity index (χ2n) is 5.04. The van der Waals surface area contributed by atoms with Crippen LogP contribution >= 0.6 is 11.6 Å². The van der Waals surface area contributed by atoms with Crippen molar-refractivity contribution < 1.29 is 9.47 Å². The van der Waals surface area contributed by atoms with Crippen molar-refractivity contribution in [3.05, 3.63) is 22.7 Å². The highest BCUT2D eigenvalue weighted by Crippen LogP contribution is 2.37. The second-order valence-corrected chi connectivity index (χ2v) is 5.45. The van der Waals surface area contributed by atoms with E-state index in [1.165, 1.54) is 0 Å². The standard InChI is InChI=1S/C15H24ClNO2/c1-10(2)6-7-13(17-3)11-8-14(18-4)15(19-5)9-12(11)16/h8-10,13,17H,6-7H2,1-5H3. The van der Waals surface area contributed by atoms with Gasteiger partial charge < -0.3 is 14.8 Å². The summed E-state index contributed by atoms with van der Waals surface area (Å²) >= 11 is 6.35. The van der Waals surface area contributed by atoms with E-state index in [2.05, 4.69) is 19.2 Å². The van der Waals surface area contributed by atoms with Gasteiger partial charge in [0, 0.05) is 17.1 Å². The third kappa shape index (κ3) is 4.29. The van der Waals surface area contributed by atoms with Crippen LogP contribution in [0.3, 0.4) is 0 Å². The first kappa shape index (κ1) is 16.1. The van der Waals surface area contributed by atoms with Gasteiger partial charge in [-0.3, -0.25) is 0 Å². The van der Waals surface area contributed by atoms with Crippen LogP contribution < -0.4 is 14.8 Å². The SMILES string of the molecule is CNC(CCC(C)C)c1cc(OC)c(OC)cc1Cl. The molecule has 3 nitrogen and oxygen atoms in total. The topological polar surface area (TPSA) is 30.5 Å². The fourth-order valence-electron chi connectivity index (χ4n) is 2.09. The molecular formula is C15H24ClNO2. The van der Waals surface area contributed by atoms with Gasteiger partial charge in [-0.2, -0.15) is 0 Å². The molecule has 0 radical (unpaired) electrons. The van der Waals surface area contributed by atoms with Crippen LogP contribution in [0.1, 0.15) is 38.3 Å². The van der Waals surface area contributed by atoms with Gasteiger partial charge in [-0.15, -0.1) is 0 Å². The van der Waals surface area contributed by atoms with E-state index < -0.39 is 0 Å². The molecule has 0 fully saturated rings. The summed E-state index contributed by atoms with van der Waals surface area (Å²) in [5.74, 6) is 2.05. The highest BCUT2D eigenvalue weighted by atomic mass is 35.5. The number of methoxy groups -OCH3 is 2. The van der Waals surface area contributed by atoms with E-state index in [0.717, 1.165) is 18.4 Å². The molecule has 0 saturated carbocycles. The maximum absolute atomic E-state index is 6.35. The van der Waals surface area contributed by atoms with Crippen molar-refractivity contribution in [3.63, 3.8) is 0 Å². The van der Waals surface area contributed by atoms with Crippen LogP contribution in [-0.4, -0.2) is 21.3 Å². The fraction of sp³-hybridized carbons (Fsp3) is 0.600. The molecule has 1 unspecified atom stereocenters. The first-order valence-corrected chi connectivity index (χ1v) is 6.99. The van der Waals surface area contributed by atoms with Crippen LogP contribution in [0.4, 0.5) is 0 Å². The highest BCUT2D eigenvalue weighted by Gasteiger charge is 2.17. The molecule has 108 valence electrons. The summed E-state index contributed by atoms with van der Waals surface area (Å²) in [4.78, 5) is 0. The quantitative estimate of drug-likeness (QED) is 0.820. The van der Waals surface area contributed by atoms with Gasteiger partial charge in [-0.05, 0) is 37.4 Å². The first-order chi connectivity index (χ1) is 9.03. The Hall–Kier alpha value is -0.930. The molecule has 0 saturated heterocycles. The molecule has 0 aliphatic carbocycles. The van der Waals surface area contributed by atoms with E-state index in [9.17, 15) is 0 Å². The van der Waals surface area contributed by atoms with Gasteiger partial charge in [0.25, 0.3) is 0 Å². The van der Waals surface area contributed by atoms with Crippen LogP contribution in [0, 0.1) is 5.92 Å². The van der Waals surface area contributed by atoms with Crippen LogP contribution in [0.15, 0.2) is 12.1 Å². The molecule has 0 bridgehead atoms. The maximum Gasteiger partial charge on any atom is 0.162 e. The molecule has 1 rings (SSSR count). The number of benzene rings is 1. The average Bonchev–Trinajstić information content (AvgIpc) is 2.40. The van der Waals surface area contributed by atoms with Crippen molar-refractivity contribution in [2.24, 2.45) is 5.92 Å². The zero-order valence-electron chi connectivity index (χ0n) is 12.4. The molecule has 19 heavy (non-hydrogen) atoms. The summed E-state index contributed by atoms with van der Waals surface area (Å²) in [6.45, 7) is 4.45. The lowest BCUT2D eigenvalue weighted by molar-refractivity contribution is 0.353. The molecule has 1 N–H and O–H groups in total. The Morgan fingerprint density at radius 3 is 2.16 bits per heavy atom. The van der Waals surface area contributed by atoms with Gasteiger partial charge in [0.05, 0.1) is 14.2 Å². The molecule has 0 heterocycles. The maximum atomic E-state index is 6.35. The van der Waals surface area contributed by atoms with Crippen LogP contribution in [0.25, 0.3) is 0 Å². The second kappa shape index (κ2) is 7.61. The third-order valence-electron chi connectivity index (χ3n) is 3.26. The van der Waals surface area contributed by atoms with Crippen molar-refractivity contribution in [3.8, 4) is 11.5 Å². The Balaban J connectivity index is 3.02. The number of hydrogen-bond donors (Lipinski definition) is 1. The van der Waals surface area contributed by atoms with Crippen molar-refractivity contribution in [2.75, 3.05) is 21.3 Å². The molecule has 0 spiro atoms. The molecule has 1 aromatic carbocycles. The Morgan fingerprint density at radius 1 is 1.11 bits per heavy atom. The predicted molar refractivity (Wildman–Crippen MR) is 80.4 cm³/mol. The van der Waals surface area contributed by atoms with Gasteiger partial charge in [-0.25, -0.2) is 0 Å². The predicted octanol–water partition coefficient (Wildman–Crippen LogP) is 4.05. The summed E-state index contributed by atoms with van der Waals surface area (Å²) in [7, 11) is 5.21. The molecule has 0 aromatic heterocycles. The van der Waals surface area contributed by atoms with Gasteiger partial charge in [-0.1, -0.05) is 25.4 Å². The van der Waals surface area contributed by atoms with Gasteiger partial charge in [0.1, 0.15) is 0 Å². The smallest absolute Gasteiger partial charge is 0.162 e. The molecular weight excluding hydrogens is 262 g/mol.